The Labute approximate surface area is 110 Å². The molecule has 0 aromatic rings. The van der Waals surface area contributed by atoms with E-state index in [-0.39, 0.29) is 11.3 Å². The van der Waals surface area contributed by atoms with E-state index in [1.165, 1.54) is 44.9 Å². The zero-order valence-electron chi connectivity index (χ0n) is 11.3. The van der Waals surface area contributed by atoms with Crippen molar-refractivity contribution in [3.63, 3.8) is 0 Å². The quantitative estimate of drug-likeness (QED) is 0.807. The van der Waals surface area contributed by atoms with Gasteiger partial charge in [0.25, 0.3) is 0 Å². The third kappa shape index (κ3) is 2.07. The van der Waals surface area contributed by atoms with E-state index in [9.17, 15) is 4.79 Å². The molecule has 102 valence electrons. The van der Waals surface area contributed by atoms with Crippen molar-refractivity contribution >= 4 is 5.91 Å². The Morgan fingerprint density at radius 3 is 2.50 bits per heavy atom. The minimum Gasteiger partial charge on any atom is -0.353 e. The summed E-state index contributed by atoms with van der Waals surface area (Å²) in [7, 11) is 0. The molecule has 3 nitrogen and oxygen atoms in total. The lowest BCUT2D eigenvalue weighted by Gasteiger charge is -2.36. The van der Waals surface area contributed by atoms with Crippen LogP contribution < -0.4 is 11.1 Å². The van der Waals surface area contributed by atoms with Crippen molar-refractivity contribution in [2.24, 2.45) is 23.0 Å². The van der Waals surface area contributed by atoms with Crippen molar-refractivity contribution in [1.82, 2.24) is 5.32 Å². The minimum absolute atomic E-state index is 0.236. The average molecular weight is 250 g/mol. The Morgan fingerprint density at radius 2 is 1.94 bits per heavy atom. The van der Waals surface area contributed by atoms with Crippen molar-refractivity contribution in [3.8, 4) is 0 Å². The SMILES string of the molecule is NCC1(C(=O)NC2CC3CCC2C3)CCCCC1. The predicted molar refractivity (Wildman–Crippen MR) is 72.0 cm³/mol. The smallest absolute Gasteiger partial charge is 0.227 e. The maximum atomic E-state index is 12.6. The molecule has 3 atom stereocenters. The average Bonchev–Trinajstić information content (AvgIpc) is 3.01. The van der Waals surface area contributed by atoms with Gasteiger partial charge >= 0.3 is 0 Å². The van der Waals surface area contributed by atoms with Gasteiger partial charge in [-0.1, -0.05) is 25.7 Å². The van der Waals surface area contributed by atoms with E-state index in [4.69, 9.17) is 5.73 Å². The van der Waals surface area contributed by atoms with Crippen molar-refractivity contribution in [1.29, 1.82) is 0 Å². The second-order valence-corrected chi connectivity index (χ2v) is 6.80. The van der Waals surface area contributed by atoms with Gasteiger partial charge in [0.15, 0.2) is 0 Å². The molecule has 0 spiro atoms. The molecular formula is C15H26N2O. The first-order chi connectivity index (χ1) is 8.73. The highest BCUT2D eigenvalue weighted by atomic mass is 16.2. The maximum Gasteiger partial charge on any atom is 0.227 e. The molecule has 0 aromatic heterocycles. The van der Waals surface area contributed by atoms with Crippen LogP contribution >= 0.6 is 0 Å². The second kappa shape index (κ2) is 4.84. The van der Waals surface area contributed by atoms with Crippen LogP contribution in [0.4, 0.5) is 0 Å². The van der Waals surface area contributed by atoms with Crippen LogP contribution in [0.2, 0.25) is 0 Å². The van der Waals surface area contributed by atoms with Gasteiger partial charge in [0, 0.05) is 12.6 Å². The fourth-order valence-corrected chi connectivity index (χ4v) is 4.50. The lowest BCUT2D eigenvalue weighted by atomic mass is 9.73. The number of nitrogens with one attached hydrogen (secondary N) is 1. The molecule has 3 rings (SSSR count). The Balaban J connectivity index is 1.63. The van der Waals surface area contributed by atoms with Gasteiger partial charge in [-0.15, -0.1) is 0 Å². The summed E-state index contributed by atoms with van der Waals surface area (Å²) in [5.41, 5.74) is 5.69. The summed E-state index contributed by atoms with van der Waals surface area (Å²) in [6.45, 7) is 0.527. The highest BCUT2D eigenvalue weighted by molar-refractivity contribution is 5.83. The van der Waals surface area contributed by atoms with Crippen LogP contribution in [0.5, 0.6) is 0 Å². The Kier molecular flexibility index (Phi) is 3.35. The third-order valence-electron chi connectivity index (χ3n) is 5.74. The number of fused-ring (bicyclic) bond motifs is 2. The van der Waals surface area contributed by atoms with Crippen LogP contribution in [-0.2, 0) is 4.79 Å². The van der Waals surface area contributed by atoms with Gasteiger partial charge in [-0.05, 0) is 43.9 Å². The number of carbonyl (C=O) groups excluding carboxylic acids is 1. The number of hydrogen-bond acceptors (Lipinski definition) is 2. The molecule has 3 N–H and O–H groups in total. The molecule has 3 fully saturated rings. The fourth-order valence-electron chi connectivity index (χ4n) is 4.50. The maximum absolute atomic E-state index is 12.6. The minimum atomic E-state index is -0.236. The van der Waals surface area contributed by atoms with Gasteiger partial charge in [0.1, 0.15) is 0 Å². The summed E-state index contributed by atoms with van der Waals surface area (Å²) in [6, 6.07) is 0.460. The number of amides is 1. The molecule has 1 amide bonds. The van der Waals surface area contributed by atoms with Crippen molar-refractivity contribution in [2.75, 3.05) is 6.54 Å². The topological polar surface area (TPSA) is 55.1 Å². The van der Waals surface area contributed by atoms with Gasteiger partial charge in [0.2, 0.25) is 5.91 Å². The monoisotopic (exact) mass is 250 g/mol. The van der Waals surface area contributed by atoms with Crippen LogP contribution in [0.15, 0.2) is 0 Å². The van der Waals surface area contributed by atoms with Crippen LogP contribution in [-0.4, -0.2) is 18.5 Å². The van der Waals surface area contributed by atoms with Crippen LogP contribution in [0.1, 0.15) is 57.8 Å². The van der Waals surface area contributed by atoms with E-state index >= 15 is 0 Å². The summed E-state index contributed by atoms with van der Waals surface area (Å²) < 4.78 is 0. The number of hydrogen-bond donors (Lipinski definition) is 2. The van der Waals surface area contributed by atoms with Crippen molar-refractivity contribution in [3.05, 3.63) is 0 Å². The first kappa shape index (κ1) is 12.5. The molecule has 3 heteroatoms. The second-order valence-electron chi connectivity index (χ2n) is 6.80. The van der Waals surface area contributed by atoms with E-state index in [0.29, 0.717) is 12.6 Å². The van der Waals surface area contributed by atoms with Gasteiger partial charge < -0.3 is 11.1 Å². The Morgan fingerprint density at radius 1 is 1.17 bits per heavy atom. The zero-order valence-corrected chi connectivity index (χ0v) is 11.3. The summed E-state index contributed by atoms with van der Waals surface area (Å²) in [5.74, 6) is 1.92. The van der Waals surface area contributed by atoms with Crippen LogP contribution in [0.3, 0.4) is 0 Å². The van der Waals surface area contributed by atoms with Gasteiger partial charge in [-0.3, -0.25) is 4.79 Å². The van der Waals surface area contributed by atoms with Crippen molar-refractivity contribution in [2.45, 2.75) is 63.8 Å². The van der Waals surface area contributed by atoms with E-state index in [0.717, 1.165) is 24.7 Å². The molecule has 0 aromatic carbocycles. The largest absolute Gasteiger partial charge is 0.353 e. The first-order valence-electron chi connectivity index (χ1n) is 7.74. The summed E-state index contributed by atoms with van der Waals surface area (Å²) >= 11 is 0. The Hall–Kier alpha value is -0.570. The molecule has 0 saturated heterocycles. The molecular weight excluding hydrogens is 224 g/mol. The highest BCUT2D eigenvalue weighted by Gasteiger charge is 2.44. The predicted octanol–water partition coefficient (Wildman–Crippen LogP) is 2.20. The summed E-state index contributed by atoms with van der Waals surface area (Å²) in [5, 5.41) is 3.35. The number of carbonyl (C=O) groups is 1. The number of rotatable bonds is 3. The van der Waals surface area contributed by atoms with Crippen LogP contribution in [0, 0.1) is 17.3 Å². The molecule has 18 heavy (non-hydrogen) atoms. The Bertz CT molecular complexity index is 322. The lowest BCUT2D eigenvalue weighted by molar-refractivity contribution is -0.133. The van der Waals surface area contributed by atoms with Crippen LogP contribution in [0.25, 0.3) is 0 Å². The summed E-state index contributed by atoms with van der Waals surface area (Å²) in [6.07, 6.45) is 10.9. The van der Waals surface area contributed by atoms with E-state index in [1.54, 1.807) is 0 Å². The van der Waals surface area contributed by atoms with Gasteiger partial charge in [-0.25, -0.2) is 0 Å². The van der Waals surface area contributed by atoms with E-state index in [1.807, 2.05) is 0 Å². The molecule has 3 aliphatic carbocycles. The summed E-state index contributed by atoms with van der Waals surface area (Å²) in [4.78, 5) is 12.6. The zero-order chi connectivity index (χ0) is 12.6. The van der Waals surface area contributed by atoms with Crippen molar-refractivity contribution < 1.29 is 4.79 Å². The standard InChI is InChI=1S/C15H26N2O/c16-10-15(6-2-1-3-7-15)14(18)17-13-9-11-4-5-12(13)8-11/h11-13H,1-10,16H2,(H,17,18). The molecule has 0 heterocycles. The molecule has 3 unspecified atom stereocenters. The van der Waals surface area contributed by atoms with Gasteiger partial charge in [0.05, 0.1) is 5.41 Å². The normalized spacial score (nSPS) is 37.7. The third-order valence-corrected chi connectivity index (χ3v) is 5.74. The highest BCUT2D eigenvalue weighted by Crippen LogP contribution is 2.45. The molecule has 2 bridgehead atoms. The van der Waals surface area contributed by atoms with Gasteiger partial charge in [-0.2, -0.15) is 0 Å². The number of nitrogens with two attached hydrogens (primary N) is 1. The molecule has 0 radical (unpaired) electrons. The molecule has 3 saturated carbocycles. The fraction of sp³-hybridized carbons (Fsp3) is 0.933. The molecule has 3 aliphatic rings. The lowest BCUT2D eigenvalue weighted by Crippen LogP contribution is -2.51. The first-order valence-corrected chi connectivity index (χ1v) is 7.74. The van der Waals surface area contributed by atoms with E-state index in [2.05, 4.69) is 5.32 Å². The molecule has 0 aliphatic heterocycles. The van der Waals surface area contributed by atoms with E-state index < -0.39 is 0 Å².